The quantitative estimate of drug-likeness (QED) is 0.822. The minimum atomic E-state index is -3.75. The fourth-order valence-electron chi connectivity index (χ4n) is 2.04. The molecule has 4 nitrogen and oxygen atoms in total. The van der Waals surface area contributed by atoms with Crippen LogP contribution in [0.5, 0.6) is 0 Å². The van der Waals surface area contributed by atoms with Gasteiger partial charge in [-0.3, -0.25) is 0 Å². The smallest absolute Gasteiger partial charge is 0.243 e. The normalized spacial score (nSPS) is 16.2. The van der Waals surface area contributed by atoms with E-state index >= 15 is 0 Å². The first-order valence-electron chi connectivity index (χ1n) is 6.55. The second kappa shape index (κ2) is 6.55. The van der Waals surface area contributed by atoms with Gasteiger partial charge >= 0.3 is 0 Å². The van der Waals surface area contributed by atoms with Crippen molar-refractivity contribution >= 4 is 33.2 Å². The molecule has 1 saturated carbocycles. The van der Waals surface area contributed by atoms with Gasteiger partial charge in [-0.05, 0) is 37.8 Å². The van der Waals surface area contributed by atoms with E-state index in [-0.39, 0.29) is 27.5 Å². The Kier molecular flexibility index (Phi) is 5.18. The van der Waals surface area contributed by atoms with Gasteiger partial charge in [0.05, 0.1) is 16.6 Å². The van der Waals surface area contributed by atoms with Crippen LogP contribution in [0, 0.1) is 17.8 Å². The maximum atomic E-state index is 12.4. The molecule has 2 rings (SSSR count). The van der Waals surface area contributed by atoms with Crippen LogP contribution in [0.15, 0.2) is 17.0 Å². The maximum absolute atomic E-state index is 12.4. The van der Waals surface area contributed by atoms with Crippen LogP contribution >= 0.6 is 23.2 Å². The Bertz CT molecular complexity index is 680. The fraction of sp³-hybridized carbons (Fsp3) is 0.429. The van der Waals surface area contributed by atoms with Crippen molar-refractivity contribution in [2.75, 3.05) is 6.54 Å². The van der Waals surface area contributed by atoms with Crippen LogP contribution in [0.2, 0.25) is 10.0 Å². The van der Waals surface area contributed by atoms with E-state index in [2.05, 4.69) is 16.6 Å². The average molecular weight is 347 g/mol. The predicted octanol–water partition coefficient (Wildman–Crippen LogP) is 2.38. The molecule has 3 N–H and O–H groups in total. The van der Waals surface area contributed by atoms with Crippen molar-refractivity contribution in [2.45, 2.75) is 30.7 Å². The van der Waals surface area contributed by atoms with Crippen molar-refractivity contribution in [2.24, 2.45) is 11.7 Å². The molecular formula is C14H16Cl2N2O2S. The molecule has 1 fully saturated rings. The topological polar surface area (TPSA) is 72.2 Å². The van der Waals surface area contributed by atoms with Crippen molar-refractivity contribution in [3.05, 3.63) is 27.7 Å². The molecule has 0 heterocycles. The summed E-state index contributed by atoms with van der Waals surface area (Å²) in [6.07, 6.45) is 2.08. The van der Waals surface area contributed by atoms with Gasteiger partial charge in [0.1, 0.15) is 4.90 Å². The van der Waals surface area contributed by atoms with Crippen LogP contribution in [0.4, 0.5) is 0 Å². The Balaban J connectivity index is 2.34. The van der Waals surface area contributed by atoms with Crippen molar-refractivity contribution in [1.82, 2.24) is 4.72 Å². The first kappa shape index (κ1) is 16.6. The number of benzene rings is 1. The van der Waals surface area contributed by atoms with Gasteiger partial charge in [0.15, 0.2) is 0 Å². The zero-order valence-corrected chi connectivity index (χ0v) is 13.8. The Hall–Kier alpha value is -0.770. The summed E-state index contributed by atoms with van der Waals surface area (Å²) < 4.78 is 27.4. The molecule has 7 heteroatoms. The van der Waals surface area contributed by atoms with Gasteiger partial charge in [0.25, 0.3) is 0 Å². The number of halogens is 2. The second-order valence-electron chi connectivity index (χ2n) is 5.02. The van der Waals surface area contributed by atoms with Crippen LogP contribution in [-0.4, -0.2) is 21.0 Å². The zero-order chi connectivity index (χ0) is 15.6. The first-order chi connectivity index (χ1) is 9.85. The Morgan fingerprint density at radius 2 is 1.95 bits per heavy atom. The Morgan fingerprint density at radius 3 is 2.43 bits per heavy atom. The standard InChI is InChI=1S/C14H16Cl2N2O2S/c1-9(11-4-5-11)18-21(19,20)14-12(15)7-10(3-2-6-17)8-13(14)16/h7-9,11,18H,4-6,17H2,1H3. The minimum Gasteiger partial charge on any atom is -0.320 e. The molecule has 0 aromatic heterocycles. The molecular weight excluding hydrogens is 331 g/mol. The van der Waals surface area contributed by atoms with Crippen molar-refractivity contribution in [3.8, 4) is 11.8 Å². The molecule has 0 saturated heterocycles. The van der Waals surface area contributed by atoms with Gasteiger partial charge in [-0.15, -0.1) is 0 Å². The van der Waals surface area contributed by atoms with E-state index in [4.69, 9.17) is 28.9 Å². The van der Waals surface area contributed by atoms with Gasteiger partial charge < -0.3 is 5.73 Å². The summed E-state index contributed by atoms with van der Waals surface area (Å²) in [5, 5.41) is 0.110. The van der Waals surface area contributed by atoms with Gasteiger partial charge in [-0.1, -0.05) is 35.0 Å². The van der Waals surface area contributed by atoms with E-state index in [9.17, 15) is 8.42 Å². The van der Waals surface area contributed by atoms with E-state index in [1.54, 1.807) is 0 Å². The molecule has 1 aliphatic carbocycles. The highest BCUT2D eigenvalue weighted by molar-refractivity contribution is 7.89. The minimum absolute atomic E-state index is 0.0549. The second-order valence-corrected chi connectivity index (χ2v) is 7.49. The largest absolute Gasteiger partial charge is 0.320 e. The lowest BCUT2D eigenvalue weighted by Gasteiger charge is -2.15. The van der Waals surface area contributed by atoms with Gasteiger partial charge in [0, 0.05) is 11.6 Å². The van der Waals surface area contributed by atoms with Crippen LogP contribution in [0.25, 0.3) is 0 Å². The van der Waals surface area contributed by atoms with Gasteiger partial charge in [0.2, 0.25) is 10.0 Å². The van der Waals surface area contributed by atoms with E-state index < -0.39 is 10.0 Å². The van der Waals surface area contributed by atoms with E-state index in [1.165, 1.54) is 12.1 Å². The molecule has 21 heavy (non-hydrogen) atoms. The molecule has 114 valence electrons. The van der Waals surface area contributed by atoms with Crippen LogP contribution < -0.4 is 10.5 Å². The zero-order valence-electron chi connectivity index (χ0n) is 11.5. The summed E-state index contributed by atoms with van der Waals surface area (Å²) in [4.78, 5) is -0.100. The third-order valence-corrected chi connectivity index (χ3v) is 5.75. The van der Waals surface area contributed by atoms with Crippen LogP contribution in [0.3, 0.4) is 0 Å². The number of nitrogens with one attached hydrogen (secondary N) is 1. The lowest BCUT2D eigenvalue weighted by molar-refractivity contribution is 0.538. The Labute approximate surface area is 135 Å². The summed E-state index contributed by atoms with van der Waals surface area (Å²) in [6, 6.07) is 2.83. The number of hydrogen-bond donors (Lipinski definition) is 2. The molecule has 1 aliphatic rings. The number of nitrogens with two attached hydrogens (primary N) is 1. The number of rotatable bonds is 4. The maximum Gasteiger partial charge on any atom is 0.243 e. The lowest BCUT2D eigenvalue weighted by atomic mass is 10.2. The van der Waals surface area contributed by atoms with Crippen molar-refractivity contribution in [1.29, 1.82) is 0 Å². The number of hydrogen-bond acceptors (Lipinski definition) is 3. The molecule has 0 bridgehead atoms. The predicted molar refractivity (Wildman–Crippen MR) is 84.9 cm³/mol. The van der Waals surface area contributed by atoms with Crippen molar-refractivity contribution in [3.63, 3.8) is 0 Å². The van der Waals surface area contributed by atoms with Gasteiger partial charge in [-0.25, -0.2) is 13.1 Å². The molecule has 1 atom stereocenters. The Morgan fingerprint density at radius 1 is 1.38 bits per heavy atom. The number of sulfonamides is 1. The SMILES string of the molecule is CC(NS(=O)(=O)c1c(Cl)cc(C#CCN)cc1Cl)C1CC1. The molecule has 0 spiro atoms. The molecule has 0 radical (unpaired) electrons. The van der Waals surface area contributed by atoms with Gasteiger partial charge in [-0.2, -0.15) is 0 Å². The molecule has 1 aromatic rings. The summed E-state index contributed by atoms with van der Waals surface area (Å²) in [5.74, 6) is 5.84. The fourth-order valence-corrected chi connectivity index (χ4v) is 4.57. The van der Waals surface area contributed by atoms with E-state index in [0.717, 1.165) is 12.8 Å². The highest BCUT2D eigenvalue weighted by atomic mass is 35.5. The highest BCUT2D eigenvalue weighted by Crippen LogP contribution is 2.35. The molecule has 1 aromatic carbocycles. The summed E-state index contributed by atoms with van der Waals surface area (Å²) in [7, 11) is -3.75. The third kappa shape index (κ3) is 4.12. The highest BCUT2D eigenvalue weighted by Gasteiger charge is 2.32. The average Bonchev–Trinajstić information content (AvgIpc) is 3.18. The molecule has 1 unspecified atom stereocenters. The molecule has 0 amide bonds. The van der Waals surface area contributed by atoms with Crippen LogP contribution in [-0.2, 0) is 10.0 Å². The van der Waals surface area contributed by atoms with E-state index in [0.29, 0.717) is 11.5 Å². The summed E-state index contributed by atoms with van der Waals surface area (Å²) in [5.41, 5.74) is 5.83. The monoisotopic (exact) mass is 346 g/mol. The first-order valence-corrected chi connectivity index (χ1v) is 8.79. The van der Waals surface area contributed by atoms with Crippen molar-refractivity contribution < 1.29 is 8.42 Å². The third-order valence-electron chi connectivity index (χ3n) is 3.27. The van der Waals surface area contributed by atoms with E-state index in [1.807, 2.05) is 6.92 Å². The molecule has 0 aliphatic heterocycles. The lowest BCUT2D eigenvalue weighted by Crippen LogP contribution is -2.34. The van der Waals surface area contributed by atoms with Crippen LogP contribution in [0.1, 0.15) is 25.3 Å². The summed E-state index contributed by atoms with van der Waals surface area (Å²) >= 11 is 12.1. The summed E-state index contributed by atoms with van der Waals surface area (Å²) in [6.45, 7) is 2.05.